The Balaban J connectivity index is 1.19. The van der Waals surface area contributed by atoms with Gasteiger partial charge in [-0.3, -0.25) is 5.01 Å². The fourth-order valence-corrected chi connectivity index (χ4v) is 8.58. The molecule has 1 atom stereocenters. The normalized spacial score (nSPS) is 14.2. The molecule has 2 aliphatic heterocycles. The molecule has 0 spiro atoms. The Labute approximate surface area is 307 Å². The van der Waals surface area contributed by atoms with Crippen molar-refractivity contribution in [3.8, 4) is 51.4 Å². The smallest absolute Gasteiger partial charge is 0.231 e. The van der Waals surface area contributed by atoms with Crippen molar-refractivity contribution in [1.82, 2.24) is 34.2 Å². The van der Waals surface area contributed by atoms with Gasteiger partial charge in [-0.25, -0.2) is 34.2 Å². The van der Waals surface area contributed by atoms with Gasteiger partial charge >= 0.3 is 0 Å². The Bertz CT molecular complexity index is 2680. The van der Waals surface area contributed by atoms with Gasteiger partial charge in [-0.2, -0.15) is 5.10 Å². The largest absolute Gasteiger partial charge is 0.481 e. The molecule has 0 bridgehead atoms. The number of halogens is 1. The van der Waals surface area contributed by atoms with Crippen LogP contribution >= 0.6 is 22.7 Å². The topological polar surface area (TPSA) is 149 Å². The molecule has 2 aliphatic rings. The molecule has 0 aliphatic carbocycles. The van der Waals surface area contributed by atoms with Crippen LogP contribution in [0.1, 0.15) is 16.1 Å². The molecule has 0 saturated carbocycles. The van der Waals surface area contributed by atoms with E-state index in [9.17, 15) is 4.39 Å². The summed E-state index contributed by atoms with van der Waals surface area (Å²) >= 11 is 2.68. The molecule has 0 saturated heterocycles. The standard InChI is InChI=1S/C36H26FN9O5S2/c1-47-31-10-6-22(15-39-31)26-17-40-33-44(26)42-32(52-33)36(23-7-9-28-30(13-23)51-19-49-28,14-20-5-8-27-29(11-20)50-18-48-27)46(38)35-43-45-25(16-41-34(45)53-35)21-3-2-4-24(37)12-21/h2-13,15-17H,14,18-19,38H2,1H3. The Morgan fingerprint density at radius 1 is 0.774 bits per heavy atom. The number of pyridine rings is 1. The van der Waals surface area contributed by atoms with Crippen molar-refractivity contribution >= 4 is 37.7 Å². The second-order valence-electron chi connectivity index (χ2n) is 12.2. The summed E-state index contributed by atoms with van der Waals surface area (Å²) in [5.41, 5.74) is 3.19. The minimum absolute atomic E-state index is 0.0944. The number of rotatable bonds is 9. The van der Waals surface area contributed by atoms with Gasteiger partial charge in [0.25, 0.3) is 0 Å². The van der Waals surface area contributed by atoms with Gasteiger partial charge in [0.05, 0.1) is 30.9 Å². The van der Waals surface area contributed by atoms with Crippen LogP contribution in [-0.4, -0.2) is 54.9 Å². The molecule has 5 aromatic heterocycles. The van der Waals surface area contributed by atoms with Gasteiger partial charge in [-0.05, 0) is 53.6 Å². The summed E-state index contributed by atoms with van der Waals surface area (Å²) in [6, 6.07) is 21.5. The van der Waals surface area contributed by atoms with E-state index in [1.165, 1.54) is 34.8 Å². The molecule has 0 fully saturated rings. The SMILES string of the molecule is COc1ccc(-c2cnc3sc(C(Cc4ccc5c(c4)OCO5)(c4ccc5c(c4)OCO5)N(N)c4nn5c(-c6cccc(F)c6)cnc5s4)nn23)cn1. The third-order valence-electron chi connectivity index (χ3n) is 9.24. The molecule has 17 heteroatoms. The van der Waals surface area contributed by atoms with Crippen LogP contribution in [0, 0.1) is 5.82 Å². The Morgan fingerprint density at radius 3 is 2.25 bits per heavy atom. The number of ether oxygens (including phenoxy) is 5. The van der Waals surface area contributed by atoms with Gasteiger partial charge in [0, 0.05) is 29.8 Å². The minimum Gasteiger partial charge on any atom is -0.481 e. The first-order valence-corrected chi connectivity index (χ1v) is 17.9. The predicted octanol–water partition coefficient (Wildman–Crippen LogP) is 6.10. The maximum atomic E-state index is 14.3. The van der Waals surface area contributed by atoms with Crippen molar-refractivity contribution in [2.45, 2.75) is 12.0 Å². The van der Waals surface area contributed by atoms with Crippen molar-refractivity contribution < 1.29 is 28.1 Å². The van der Waals surface area contributed by atoms with Crippen molar-refractivity contribution in [1.29, 1.82) is 0 Å². The quantitative estimate of drug-likeness (QED) is 0.134. The number of nitrogens with zero attached hydrogens (tertiary/aromatic N) is 8. The molecule has 7 heterocycles. The first kappa shape index (κ1) is 31.4. The molecular formula is C36H26FN9O5S2. The maximum absolute atomic E-state index is 14.3. The number of benzene rings is 3. The van der Waals surface area contributed by atoms with E-state index in [-0.39, 0.29) is 19.4 Å². The first-order valence-electron chi connectivity index (χ1n) is 16.3. The van der Waals surface area contributed by atoms with Gasteiger partial charge < -0.3 is 23.7 Å². The number of hydrazine groups is 1. The van der Waals surface area contributed by atoms with Gasteiger partial charge in [0.2, 0.25) is 34.5 Å². The second-order valence-corrected chi connectivity index (χ2v) is 14.1. The molecular weight excluding hydrogens is 722 g/mol. The Kier molecular flexibility index (Phi) is 7.21. The third-order valence-corrected chi connectivity index (χ3v) is 11.2. The number of methoxy groups -OCH3 is 1. The van der Waals surface area contributed by atoms with Crippen LogP contribution in [0.3, 0.4) is 0 Å². The zero-order valence-electron chi connectivity index (χ0n) is 27.7. The number of imidazole rings is 2. The van der Waals surface area contributed by atoms with E-state index in [0.29, 0.717) is 66.6 Å². The third kappa shape index (κ3) is 5.11. The zero-order chi connectivity index (χ0) is 35.7. The van der Waals surface area contributed by atoms with Gasteiger partial charge in [-0.1, -0.05) is 46.9 Å². The van der Waals surface area contributed by atoms with Crippen LogP contribution in [-0.2, 0) is 12.0 Å². The highest BCUT2D eigenvalue weighted by atomic mass is 32.1. The highest BCUT2D eigenvalue weighted by molar-refractivity contribution is 7.20. The summed E-state index contributed by atoms with van der Waals surface area (Å²) in [6.07, 6.45) is 5.45. The number of aromatic nitrogens is 7. The average Bonchev–Trinajstić information content (AvgIpc) is 4.03. The van der Waals surface area contributed by atoms with E-state index >= 15 is 0 Å². The fourth-order valence-electron chi connectivity index (χ4n) is 6.63. The van der Waals surface area contributed by atoms with Crippen LogP contribution in [0.4, 0.5) is 9.52 Å². The number of hydrogen-bond donors (Lipinski definition) is 1. The summed E-state index contributed by atoms with van der Waals surface area (Å²) in [5, 5.41) is 12.9. The second kappa shape index (κ2) is 12.1. The van der Waals surface area contributed by atoms with E-state index in [2.05, 4.69) is 9.97 Å². The van der Waals surface area contributed by atoms with Crippen LogP contribution in [0.25, 0.3) is 32.4 Å². The summed E-state index contributed by atoms with van der Waals surface area (Å²) in [7, 11) is 1.57. The lowest BCUT2D eigenvalue weighted by atomic mass is 9.83. The van der Waals surface area contributed by atoms with Crippen molar-refractivity contribution in [2.24, 2.45) is 5.84 Å². The first-order chi connectivity index (χ1) is 26.0. The van der Waals surface area contributed by atoms with Crippen molar-refractivity contribution in [3.05, 3.63) is 113 Å². The molecule has 2 N–H and O–H groups in total. The van der Waals surface area contributed by atoms with Gasteiger partial charge in [0.15, 0.2) is 23.0 Å². The number of fused-ring (bicyclic) bond motifs is 4. The molecule has 1 unspecified atom stereocenters. The Morgan fingerprint density at radius 2 is 1.49 bits per heavy atom. The van der Waals surface area contributed by atoms with Crippen LogP contribution in [0.5, 0.6) is 28.9 Å². The van der Waals surface area contributed by atoms with Crippen molar-refractivity contribution in [3.63, 3.8) is 0 Å². The van der Waals surface area contributed by atoms with E-state index in [4.69, 9.17) is 44.7 Å². The highest BCUT2D eigenvalue weighted by Crippen LogP contribution is 2.47. The fraction of sp³-hybridized carbons (Fsp3) is 0.139. The van der Waals surface area contributed by atoms with E-state index < -0.39 is 5.54 Å². The molecule has 0 radical (unpaired) electrons. The molecule has 264 valence electrons. The molecule has 14 nitrogen and oxygen atoms in total. The highest BCUT2D eigenvalue weighted by Gasteiger charge is 2.46. The molecule has 53 heavy (non-hydrogen) atoms. The maximum Gasteiger partial charge on any atom is 0.231 e. The van der Waals surface area contributed by atoms with E-state index in [1.807, 2.05) is 48.5 Å². The summed E-state index contributed by atoms with van der Waals surface area (Å²) in [5.74, 6) is 10.0. The van der Waals surface area contributed by atoms with Crippen LogP contribution in [0.15, 0.2) is 91.4 Å². The minimum atomic E-state index is -1.23. The van der Waals surface area contributed by atoms with Crippen LogP contribution < -0.4 is 34.5 Å². The average molecular weight is 748 g/mol. The van der Waals surface area contributed by atoms with E-state index in [0.717, 1.165) is 22.4 Å². The molecule has 10 rings (SSSR count). The number of hydrogen-bond acceptors (Lipinski definition) is 14. The lowest BCUT2D eigenvalue weighted by Crippen LogP contribution is -2.53. The van der Waals surface area contributed by atoms with Gasteiger partial charge in [0.1, 0.15) is 16.4 Å². The zero-order valence-corrected chi connectivity index (χ0v) is 29.3. The number of nitrogens with two attached hydrogens (primary N) is 1. The molecule has 3 aromatic carbocycles. The van der Waals surface area contributed by atoms with Gasteiger partial charge in [-0.15, -0.1) is 5.10 Å². The molecule has 0 amide bonds. The number of anilines is 1. The summed E-state index contributed by atoms with van der Waals surface area (Å²) < 4.78 is 46.1. The lowest BCUT2D eigenvalue weighted by Gasteiger charge is -2.39. The lowest BCUT2D eigenvalue weighted by molar-refractivity contribution is 0.173. The van der Waals surface area contributed by atoms with Crippen molar-refractivity contribution in [2.75, 3.05) is 25.7 Å². The van der Waals surface area contributed by atoms with E-state index in [1.54, 1.807) is 51.9 Å². The predicted molar refractivity (Wildman–Crippen MR) is 193 cm³/mol. The summed E-state index contributed by atoms with van der Waals surface area (Å²) in [6.45, 7) is 0.228. The monoisotopic (exact) mass is 747 g/mol. The Hall–Kier alpha value is -6.30. The van der Waals surface area contributed by atoms with Crippen LogP contribution in [0.2, 0.25) is 0 Å². The summed E-state index contributed by atoms with van der Waals surface area (Å²) in [4.78, 5) is 15.0. The molecule has 8 aromatic rings.